The van der Waals surface area contributed by atoms with Gasteiger partial charge in [-0.25, -0.2) is 0 Å². The van der Waals surface area contributed by atoms with Crippen LogP contribution in [0.2, 0.25) is 0 Å². The van der Waals surface area contributed by atoms with Crippen molar-refractivity contribution in [3.05, 3.63) is 0 Å². The lowest BCUT2D eigenvalue weighted by atomic mass is 9.92. The molecule has 1 N–H and O–H groups in total. The van der Waals surface area contributed by atoms with Crippen molar-refractivity contribution in [1.29, 1.82) is 0 Å². The quantitative estimate of drug-likeness (QED) is 0.801. The Balaban J connectivity index is 1.95. The third-order valence-corrected chi connectivity index (χ3v) is 4.79. The van der Waals surface area contributed by atoms with Crippen molar-refractivity contribution < 1.29 is 4.74 Å². The number of nitrogens with one attached hydrogen (secondary N) is 1. The van der Waals surface area contributed by atoms with Gasteiger partial charge in [-0.2, -0.15) is 0 Å². The number of hydrogen-bond acceptors (Lipinski definition) is 3. The van der Waals surface area contributed by atoms with Gasteiger partial charge in [0.2, 0.25) is 0 Å². The summed E-state index contributed by atoms with van der Waals surface area (Å²) in [5.74, 6) is 0.837. The van der Waals surface area contributed by atoms with E-state index in [1.165, 1.54) is 32.1 Å². The number of ether oxygens (including phenoxy) is 1. The molecule has 2 atom stereocenters. The fourth-order valence-corrected chi connectivity index (χ4v) is 3.61. The molecular weight excluding hydrogens is 236 g/mol. The summed E-state index contributed by atoms with van der Waals surface area (Å²) in [6.07, 6.45) is 7.21. The zero-order valence-corrected chi connectivity index (χ0v) is 13.0. The zero-order valence-electron chi connectivity index (χ0n) is 13.0. The van der Waals surface area contributed by atoms with Gasteiger partial charge in [0.05, 0.1) is 12.7 Å². The van der Waals surface area contributed by atoms with Gasteiger partial charge in [0, 0.05) is 25.2 Å². The van der Waals surface area contributed by atoms with Crippen molar-refractivity contribution in [3.63, 3.8) is 0 Å². The van der Waals surface area contributed by atoms with Gasteiger partial charge >= 0.3 is 0 Å². The molecule has 1 saturated heterocycles. The standard InChI is InChI=1S/C16H32N2O/c1-4-9-17-16(14-7-5-6-8-14)15-12-18(13(2)3)10-11-19-15/h13-17H,4-12H2,1-3H3. The van der Waals surface area contributed by atoms with Gasteiger partial charge in [-0.15, -0.1) is 0 Å². The third kappa shape index (κ3) is 4.17. The molecule has 2 aliphatic rings. The number of rotatable bonds is 6. The lowest BCUT2D eigenvalue weighted by Gasteiger charge is -2.41. The Morgan fingerprint density at radius 3 is 2.63 bits per heavy atom. The Morgan fingerprint density at radius 2 is 2.00 bits per heavy atom. The first-order valence-electron chi connectivity index (χ1n) is 8.31. The molecule has 1 heterocycles. The van der Waals surface area contributed by atoms with Gasteiger partial charge in [0.1, 0.15) is 0 Å². The van der Waals surface area contributed by atoms with Crippen molar-refractivity contribution in [2.45, 2.75) is 71.1 Å². The van der Waals surface area contributed by atoms with E-state index in [2.05, 4.69) is 31.0 Å². The Kier molecular flexibility index (Phi) is 6.11. The van der Waals surface area contributed by atoms with Crippen LogP contribution in [-0.4, -0.2) is 49.3 Å². The molecule has 0 spiro atoms. The summed E-state index contributed by atoms with van der Waals surface area (Å²) in [4.78, 5) is 2.57. The van der Waals surface area contributed by atoms with Crippen molar-refractivity contribution in [2.24, 2.45) is 5.92 Å². The van der Waals surface area contributed by atoms with Crippen LogP contribution in [0.25, 0.3) is 0 Å². The van der Waals surface area contributed by atoms with Crippen molar-refractivity contribution in [1.82, 2.24) is 10.2 Å². The highest BCUT2D eigenvalue weighted by atomic mass is 16.5. The Hall–Kier alpha value is -0.120. The summed E-state index contributed by atoms with van der Waals surface area (Å²) >= 11 is 0. The maximum absolute atomic E-state index is 6.13. The first-order chi connectivity index (χ1) is 9.22. The van der Waals surface area contributed by atoms with E-state index >= 15 is 0 Å². The molecule has 19 heavy (non-hydrogen) atoms. The van der Waals surface area contributed by atoms with Crippen LogP contribution < -0.4 is 5.32 Å². The summed E-state index contributed by atoms with van der Waals surface area (Å²) < 4.78 is 6.13. The van der Waals surface area contributed by atoms with Crippen molar-refractivity contribution in [2.75, 3.05) is 26.2 Å². The molecule has 1 saturated carbocycles. The molecule has 0 aromatic carbocycles. The van der Waals surface area contributed by atoms with E-state index < -0.39 is 0 Å². The molecule has 2 fully saturated rings. The third-order valence-electron chi connectivity index (χ3n) is 4.79. The van der Waals surface area contributed by atoms with E-state index in [9.17, 15) is 0 Å². The second-order valence-electron chi connectivity index (χ2n) is 6.52. The van der Waals surface area contributed by atoms with Crippen molar-refractivity contribution >= 4 is 0 Å². The topological polar surface area (TPSA) is 24.5 Å². The predicted octanol–water partition coefficient (Wildman–Crippen LogP) is 2.65. The SMILES string of the molecule is CCCNC(C1CCCC1)C1CN(C(C)C)CCO1. The normalized spacial score (nSPS) is 28.1. The summed E-state index contributed by atoms with van der Waals surface area (Å²) in [6, 6.07) is 1.21. The highest BCUT2D eigenvalue weighted by Crippen LogP contribution is 2.31. The zero-order chi connectivity index (χ0) is 13.7. The molecule has 1 aliphatic carbocycles. The van der Waals surface area contributed by atoms with Crippen LogP contribution in [0.3, 0.4) is 0 Å². The highest BCUT2D eigenvalue weighted by Gasteiger charge is 2.34. The fourth-order valence-electron chi connectivity index (χ4n) is 3.61. The molecule has 0 radical (unpaired) electrons. The number of nitrogens with zero attached hydrogens (tertiary/aromatic N) is 1. The number of hydrogen-bond donors (Lipinski definition) is 1. The second-order valence-corrected chi connectivity index (χ2v) is 6.52. The molecule has 2 rings (SSSR count). The van der Waals surface area contributed by atoms with Crippen LogP contribution in [0.15, 0.2) is 0 Å². The van der Waals surface area contributed by atoms with Crippen LogP contribution in [0.1, 0.15) is 52.9 Å². The lowest BCUT2D eigenvalue weighted by molar-refractivity contribution is -0.0643. The molecule has 112 valence electrons. The molecule has 1 aliphatic heterocycles. The van der Waals surface area contributed by atoms with Gasteiger partial charge in [-0.1, -0.05) is 19.8 Å². The monoisotopic (exact) mass is 268 g/mol. The average molecular weight is 268 g/mol. The molecule has 2 unspecified atom stereocenters. The Morgan fingerprint density at radius 1 is 1.26 bits per heavy atom. The maximum atomic E-state index is 6.13. The van der Waals surface area contributed by atoms with E-state index in [4.69, 9.17) is 4.74 Å². The van der Waals surface area contributed by atoms with E-state index in [-0.39, 0.29) is 0 Å². The molecule has 3 nitrogen and oxygen atoms in total. The first kappa shape index (κ1) is 15.3. The van der Waals surface area contributed by atoms with Gasteiger partial charge in [0.15, 0.2) is 0 Å². The maximum Gasteiger partial charge on any atom is 0.0858 e. The minimum atomic E-state index is 0.394. The largest absolute Gasteiger partial charge is 0.374 e. The van der Waals surface area contributed by atoms with E-state index in [1.807, 2.05) is 0 Å². The van der Waals surface area contributed by atoms with Crippen LogP contribution in [0.4, 0.5) is 0 Å². The number of morpholine rings is 1. The minimum Gasteiger partial charge on any atom is -0.374 e. The lowest BCUT2D eigenvalue weighted by Crippen LogP contribution is -2.56. The Labute approximate surface area is 119 Å². The van der Waals surface area contributed by atoms with Gasteiger partial charge in [-0.3, -0.25) is 4.90 Å². The molecule has 0 bridgehead atoms. The first-order valence-corrected chi connectivity index (χ1v) is 8.31. The molecule has 0 aromatic heterocycles. The summed E-state index contributed by atoms with van der Waals surface area (Å²) in [5.41, 5.74) is 0. The second kappa shape index (κ2) is 7.61. The van der Waals surface area contributed by atoms with Crippen LogP contribution in [-0.2, 0) is 4.74 Å². The van der Waals surface area contributed by atoms with Crippen molar-refractivity contribution in [3.8, 4) is 0 Å². The van der Waals surface area contributed by atoms with E-state index in [0.717, 1.165) is 32.2 Å². The molecular formula is C16H32N2O. The van der Waals surface area contributed by atoms with E-state index in [0.29, 0.717) is 18.2 Å². The van der Waals surface area contributed by atoms with Gasteiger partial charge in [-0.05, 0) is 45.6 Å². The van der Waals surface area contributed by atoms with Gasteiger partial charge < -0.3 is 10.1 Å². The Bertz CT molecular complexity index is 251. The van der Waals surface area contributed by atoms with Crippen LogP contribution in [0, 0.1) is 5.92 Å². The summed E-state index contributed by atoms with van der Waals surface area (Å²) in [5, 5.41) is 3.79. The molecule has 0 amide bonds. The smallest absolute Gasteiger partial charge is 0.0858 e. The average Bonchev–Trinajstić information content (AvgIpc) is 2.93. The summed E-state index contributed by atoms with van der Waals surface area (Å²) in [7, 11) is 0. The predicted molar refractivity (Wildman–Crippen MR) is 80.5 cm³/mol. The fraction of sp³-hybridized carbons (Fsp3) is 1.00. The molecule has 0 aromatic rings. The summed E-state index contributed by atoms with van der Waals surface area (Å²) in [6.45, 7) is 11.1. The van der Waals surface area contributed by atoms with E-state index in [1.54, 1.807) is 0 Å². The minimum absolute atomic E-state index is 0.394. The highest BCUT2D eigenvalue weighted by molar-refractivity contribution is 4.90. The van der Waals surface area contributed by atoms with Crippen LogP contribution in [0.5, 0.6) is 0 Å². The van der Waals surface area contributed by atoms with Gasteiger partial charge in [0.25, 0.3) is 0 Å². The van der Waals surface area contributed by atoms with Crippen LogP contribution >= 0.6 is 0 Å². The molecule has 3 heteroatoms.